The van der Waals surface area contributed by atoms with Gasteiger partial charge in [0.25, 0.3) is 5.91 Å². The molecule has 3 rings (SSSR count). The summed E-state index contributed by atoms with van der Waals surface area (Å²) in [5.41, 5.74) is 1.46. The number of rotatable bonds is 2. The molecule has 1 amide bonds. The fraction of sp³-hybridized carbons (Fsp3) is 0.188. The zero-order valence-electron chi connectivity index (χ0n) is 11.1. The molecule has 1 N–H and O–H groups in total. The molecule has 0 spiro atoms. The Morgan fingerprint density at radius 2 is 2.10 bits per heavy atom. The molecule has 2 aromatic rings. The van der Waals surface area contributed by atoms with Gasteiger partial charge < -0.3 is 5.32 Å². The molecule has 1 aliphatic heterocycles. The Morgan fingerprint density at radius 3 is 2.90 bits per heavy atom. The number of thioether (sulfide) groups is 1. The van der Waals surface area contributed by atoms with Crippen molar-refractivity contribution in [3.05, 3.63) is 63.9 Å². The number of carbonyl (C=O) groups is 1. The van der Waals surface area contributed by atoms with E-state index in [-0.39, 0.29) is 17.8 Å². The molecule has 1 heterocycles. The first-order valence-corrected chi connectivity index (χ1v) is 8.40. The molecule has 2 nitrogen and oxygen atoms in total. The number of hydrogen-bond donors (Lipinski definition) is 1. The lowest BCUT2D eigenvalue weighted by atomic mass is 10.0. The molecule has 0 saturated carbocycles. The molecule has 0 fully saturated rings. The molecule has 0 bridgehead atoms. The third-order valence-corrected chi connectivity index (χ3v) is 5.25. The highest BCUT2D eigenvalue weighted by atomic mass is 79.9. The van der Waals surface area contributed by atoms with E-state index in [4.69, 9.17) is 0 Å². The Kier molecular flexibility index (Phi) is 4.31. The number of hydrogen-bond acceptors (Lipinski definition) is 2. The van der Waals surface area contributed by atoms with Gasteiger partial charge in [-0.05, 0) is 58.2 Å². The van der Waals surface area contributed by atoms with Gasteiger partial charge >= 0.3 is 0 Å². The van der Waals surface area contributed by atoms with Gasteiger partial charge in [0.2, 0.25) is 0 Å². The summed E-state index contributed by atoms with van der Waals surface area (Å²) in [6, 6.07) is 11.9. The van der Waals surface area contributed by atoms with Crippen LogP contribution in [0.3, 0.4) is 0 Å². The highest BCUT2D eigenvalue weighted by Crippen LogP contribution is 2.36. The van der Waals surface area contributed by atoms with Gasteiger partial charge in [-0.2, -0.15) is 0 Å². The van der Waals surface area contributed by atoms with Crippen LogP contribution >= 0.6 is 27.7 Å². The third-order valence-electron chi connectivity index (χ3n) is 3.44. The maximum atomic E-state index is 13.5. The molecule has 1 unspecified atom stereocenters. The van der Waals surface area contributed by atoms with E-state index in [2.05, 4.69) is 21.2 Å². The number of fused-ring (bicyclic) bond motifs is 1. The van der Waals surface area contributed by atoms with Gasteiger partial charge in [0.1, 0.15) is 5.82 Å². The predicted molar refractivity (Wildman–Crippen MR) is 86.1 cm³/mol. The van der Waals surface area contributed by atoms with E-state index in [0.717, 1.165) is 27.1 Å². The van der Waals surface area contributed by atoms with E-state index in [0.29, 0.717) is 5.56 Å². The van der Waals surface area contributed by atoms with Gasteiger partial charge in [-0.15, -0.1) is 11.8 Å². The Morgan fingerprint density at radius 1 is 1.29 bits per heavy atom. The lowest BCUT2D eigenvalue weighted by Crippen LogP contribution is -2.31. The maximum absolute atomic E-state index is 13.5. The second kappa shape index (κ2) is 6.20. The van der Waals surface area contributed by atoms with Crippen LogP contribution < -0.4 is 5.32 Å². The molecule has 0 radical (unpaired) electrons. The summed E-state index contributed by atoms with van der Waals surface area (Å²) in [4.78, 5) is 13.4. The van der Waals surface area contributed by atoms with Crippen LogP contribution in [0.4, 0.5) is 4.39 Å². The van der Waals surface area contributed by atoms with Crippen LogP contribution in [0.5, 0.6) is 0 Å². The molecule has 0 aliphatic carbocycles. The number of benzene rings is 2. The summed E-state index contributed by atoms with van der Waals surface area (Å²) in [7, 11) is 0. The van der Waals surface area contributed by atoms with Gasteiger partial charge in [0.15, 0.2) is 0 Å². The average molecular weight is 366 g/mol. The van der Waals surface area contributed by atoms with E-state index in [9.17, 15) is 9.18 Å². The molecule has 1 atom stereocenters. The summed E-state index contributed by atoms with van der Waals surface area (Å²) in [5.74, 6) is 0.505. The second-order valence-corrected chi connectivity index (χ2v) is 6.82. The van der Waals surface area contributed by atoms with Crippen LogP contribution in [0.15, 0.2) is 51.8 Å². The number of halogens is 2. The molecule has 1 aliphatic rings. The van der Waals surface area contributed by atoms with Gasteiger partial charge in [0.05, 0.1) is 11.6 Å². The molecular weight excluding hydrogens is 353 g/mol. The Bertz CT molecular complexity index is 692. The number of nitrogens with one attached hydrogen (secondary N) is 1. The highest BCUT2D eigenvalue weighted by Gasteiger charge is 2.23. The molecular formula is C16H13BrFNOS. The van der Waals surface area contributed by atoms with E-state index >= 15 is 0 Å². The smallest absolute Gasteiger partial charge is 0.252 e. The lowest BCUT2D eigenvalue weighted by Gasteiger charge is -2.26. The summed E-state index contributed by atoms with van der Waals surface area (Å²) in [6.45, 7) is 0. The van der Waals surface area contributed by atoms with Crippen LogP contribution in [0.2, 0.25) is 0 Å². The van der Waals surface area contributed by atoms with Crippen LogP contribution in [0, 0.1) is 5.82 Å². The summed E-state index contributed by atoms with van der Waals surface area (Å²) < 4.78 is 14.2. The minimum atomic E-state index is -0.267. The van der Waals surface area contributed by atoms with Crippen LogP contribution in [0.25, 0.3) is 0 Å². The van der Waals surface area contributed by atoms with Gasteiger partial charge in [-0.3, -0.25) is 4.79 Å². The summed E-state index contributed by atoms with van der Waals surface area (Å²) in [6.07, 6.45) is 0.803. The van der Waals surface area contributed by atoms with Gasteiger partial charge in [-0.1, -0.05) is 12.1 Å². The van der Waals surface area contributed by atoms with Crippen molar-refractivity contribution < 1.29 is 9.18 Å². The fourth-order valence-corrected chi connectivity index (χ4v) is 3.97. The molecule has 21 heavy (non-hydrogen) atoms. The SMILES string of the molecule is O=C(NC1CCSc2ccc(F)cc21)c1ccccc1Br. The van der Waals surface area contributed by atoms with E-state index < -0.39 is 0 Å². The second-order valence-electron chi connectivity index (χ2n) is 4.83. The van der Waals surface area contributed by atoms with Crippen LogP contribution in [-0.2, 0) is 0 Å². The first-order chi connectivity index (χ1) is 10.1. The van der Waals surface area contributed by atoms with Crippen molar-refractivity contribution in [1.29, 1.82) is 0 Å². The van der Waals surface area contributed by atoms with Gasteiger partial charge in [0, 0.05) is 15.1 Å². The topological polar surface area (TPSA) is 29.1 Å². The van der Waals surface area contributed by atoms with E-state index in [1.165, 1.54) is 12.1 Å². The normalized spacial score (nSPS) is 17.1. The van der Waals surface area contributed by atoms with Crippen molar-refractivity contribution in [2.75, 3.05) is 5.75 Å². The largest absolute Gasteiger partial charge is 0.345 e. The quantitative estimate of drug-likeness (QED) is 0.845. The van der Waals surface area contributed by atoms with Crippen molar-refractivity contribution in [1.82, 2.24) is 5.32 Å². The first-order valence-electron chi connectivity index (χ1n) is 6.63. The maximum Gasteiger partial charge on any atom is 0.252 e. The van der Waals surface area contributed by atoms with E-state index in [1.54, 1.807) is 23.9 Å². The zero-order chi connectivity index (χ0) is 14.8. The van der Waals surface area contributed by atoms with Crippen molar-refractivity contribution >= 4 is 33.6 Å². The Labute approximate surface area is 135 Å². The molecule has 0 saturated heterocycles. The summed E-state index contributed by atoms with van der Waals surface area (Å²) in [5, 5.41) is 3.01. The summed E-state index contributed by atoms with van der Waals surface area (Å²) >= 11 is 5.08. The van der Waals surface area contributed by atoms with Crippen molar-refractivity contribution in [3.8, 4) is 0 Å². The third kappa shape index (κ3) is 3.14. The Hall–Kier alpha value is -1.33. The molecule has 108 valence electrons. The minimum Gasteiger partial charge on any atom is -0.345 e. The standard InChI is InChI=1S/C16H13BrFNOS/c17-13-4-2-1-3-11(13)16(20)19-14-7-8-21-15-6-5-10(18)9-12(14)15/h1-6,9,14H,7-8H2,(H,19,20). The monoisotopic (exact) mass is 365 g/mol. The predicted octanol–water partition coefficient (Wildman–Crippen LogP) is 4.56. The molecule has 0 aromatic heterocycles. The zero-order valence-corrected chi connectivity index (χ0v) is 13.5. The van der Waals surface area contributed by atoms with E-state index in [1.807, 2.05) is 18.2 Å². The number of amides is 1. The molecule has 2 aromatic carbocycles. The fourth-order valence-electron chi connectivity index (χ4n) is 2.40. The van der Waals surface area contributed by atoms with Crippen molar-refractivity contribution in [2.45, 2.75) is 17.4 Å². The average Bonchev–Trinajstić information content (AvgIpc) is 2.48. The van der Waals surface area contributed by atoms with Gasteiger partial charge in [-0.25, -0.2) is 4.39 Å². The lowest BCUT2D eigenvalue weighted by molar-refractivity contribution is 0.0934. The highest BCUT2D eigenvalue weighted by molar-refractivity contribution is 9.10. The minimum absolute atomic E-state index is 0.142. The molecule has 5 heteroatoms. The van der Waals surface area contributed by atoms with Crippen LogP contribution in [0.1, 0.15) is 28.4 Å². The number of carbonyl (C=O) groups excluding carboxylic acids is 1. The van der Waals surface area contributed by atoms with Crippen molar-refractivity contribution in [3.63, 3.8) is 0 Å². The first kappa shape index (κ1) is 14.6. The Balaban J connectivity index is 1.85. The van der Waals surface area contributed by atoms with Crippen molar-refractivity contribution in [2.24, 2.45) is 0 Å². The van der Waals surface area contributed by atoms with Crippen LogP contribution in [-0.4, -0.2) is 11.7 Å².